The second-order valence-electron chi connectivity index (χ2n) is 4.79. The summed E-state index contributed by atoms with van der Waals surface area (Å²) >= 11 is 0. The first-order valence-electron chi connectivity index (χ1n) is 7.52. The molecule has 0 aliphatic heterocycles. The molecule has 0 spiro atoms. The van der Waals surface area contributed by atoms with Crippen LogP contribution in [0, 0.1) is 0 Å². The van der Waals surface area contributed by atoms with Crippen LogP contribution in [0.1, 0.15) is 45.2 Å². The molecule has 0 amide bonds. The average Bonchev–Trinajstić information content (AvgIpc) is 2.45. The lowest BCUT2D eigenvalue weighted by atomic mass is 10.1. The van der Waals surface area contributed by atoms with E-state index in [0.717, 1.165) is 36.5 Å². The number of hydrogen-bond acceptors (Lipinski definition) is 3. The summed E-state index contributed by atoms with van der Waals surface area (Å²) in [4.78, 5) is 0. The van der Waals surface area contributed by atoms with Crippen molar-refractivity contribution >= 4 is 10.8 Å². The van der Waals surface area contributed by atoms with Gasteiger partial charge in [-0.3, -0.25) is 4.21 Å². The SMILES string of the molecule is CCCNC(CS(=O)CCC)c1ccccc1OCC. The van der Waals surface area contributed by atoms with Gasteiger partial charge in [-0.05, 0) is 32.4 Å². The van der Waals surface area contributed by atoms with Crippen LogP contribution in [0.2, 0.25) is 0 Å². The fourth-order valence-corrected chi connectivity index (χ4v) is 3.42. The molecule has 0 heterocycles. The zero-order valence-electron chi connectivity index (χ0n) is 12.9. The number of benzene rings is 1. The highest BCUT2D eigenvalue weighted by Crippen LogP contribution is 2.26. The van der Waals surface area contributed by atoms with Gasteiger partial charge in [0.05, 0.1) is 6.61 Å². The molecule has 0 saturated carbocycles. The topological polar surface area (TPSA) is 38.3 Å². The Hall–Kier alpha value is -0.870. The molecule has 0 fully saturated rings. The summed E-state index contributed by atoms with van der Waals surface area (Å²) in [5.74, 6) is 2.32. The van der Waals surface area contributed by atoms with Crippen LogP contribution in [0.25, 0.3) is 0 Å². The summed E-state index contributed by atoms with van der Waals surface area (Å²) in [6, 6.07) is 8.16. The van der Waals surface area contributed by atoms with Crippen molar-refractivity contribution in [2.75, 3.05) is 24.7 Å². The third-order valence-corrected chi connectivity index (χ3v) is 4.59. The van der Waals surface area contributed by atoms with Gasteiger partial charge in [-0.2, -0.15) is 0 Å². The van der Waals surface area contributed by atoms with Gasteiger partial charge in [0.15, 0.2) is 0 Å². The smallest absolute Gasteiger partial charge is 0.124 e. The number of hydrogen-bond donors (Lipinski definition) is 1. The normalized spacial score (nSPS) is 13.9. The minimum atomic E-state index is -0.784. The number of ether oxygens (including phenoxy) is 1. The van der Waals surface area contributed by atoms with E-state index in [1.54, 1.807) is 0 Å². The third-order valence-electron chi connectivity index (χ3n) is 3.02. The summed E-state index contributed by atoms with van der Waals surface area (Å²) in [7, 11) is -0.784. The zero-order valence-corrected chi connectivity index (χ0v) is 13.7. The highest BCUT2D eigenvalue weighted by molar-refractivity contribution is 7.85. The number of nitrogens with one attached hydrogen (secondary N) is 1. The van der Waals surface area contributed by atoms with E-state index < -0.39 is 10.8 Å². The Morgan fingerprint density at radius 2 is 1.95 bits per heavy atom. The van der Waals surface area contributed by atoms with Crippen LogP contribution in [0.5, 0.6) is 5.75 Å². The van der Waals surface area contributed by atoms with Crippen LogP contribution in [-0.2, 0) is 10.8 Å². The maximum absolute atomic E-state index is 12.1. The summed E-state index contributed by atoms with van der Waals surface area (Å²) in [6.45, 7) is 7.77. The van der Waals surface area contributed by atoms with E-state index in [9.17, 15) is 4.21 Å². The maximum Gasteiger partial charge on any atom is 0.124 e. The van der Waals surface area contributed by atoms with E-state index in [4.69, 9.17) is 4.74 Å². The second kappa shape index (κ2) is 9.94. The van der Waals surface area contributed by atoms with Crippen molar-refractivity contribution in [1.82, 2.24) is 5.32 Å². The molecule has 4 heteroatoms. The van der Waals surface area contributed by atoms with Crippen LogP contribution in [0.15, 0.2) is 24.3 Å². The molecule has 0 bridgehead atoms. The molecule has 1 aromatic carbocycles. The molecule has 1 aromatic rings. The van der Waals surface area contributed by atoms with Gasteiger partial charge >= 0.3 is 0 Å². The van der Waals surface area contributed by atoms with E-state index >= 15 is 0 Å². The standard InChI is InChI=1S/C16H27NO2S/c1-4-11-17-15(13-20(18)12-5-2)14-9-7-8-10-16(14)19-6-3/h7-10,15,17H,4-6,11-13H2,1-3H3. The summed E-state index contributed by atoms with van der Waals surface area (Å²) < 4.78 is 17.8. The predicted octanol–water partition coefficient (Wildman–Crippen LogP) is 3.28. The van der Waals surface area contributed by atoms with Gasteiger partial charge in [-0.15, -0.1) is 0 Å². The molecule has 0 aliphatic rings. The van der Waals surface area contributed by atoms with Gasteiger partial charge in [0.1, 0.15) is 5.75 Å². The molecule has 0 aliphatic carbocycles. The first-order chi connectivity index (χ1) is 9.72. The lowest BCUT2D eigenvalue weighted by molar-refractivity contribution is 0.332. The molecule has 1 N–H and O–H groups in total. The first kappa shape index (κ1) is 17.2. The lowest BCUT2D eigenvalue weighted by Crippen LogP contribution is -2.28. The fourth-order valence-electron chi connectivity index (χ4n) is 2.13. The van der Waals surface area contributed by atoms with Crippen molar-refractivity contribution in [2.45, 2.75) is 39.7 Å². The van der Waals surface area contributed by atoms with E-state index in [-0.39, 0.29) is 6.04 Å². The molecule has 2 atom stereocenters. The Morgan fingerprint density at radius 3 is 2.60 bits per heavy atom. The fraction of sp³-hybridized carbons (Fsp3) is 0.625. The minimum absolute atomic E-state index is 0.102. The summed E-state index contributed by atoms with van der Waals surface area (Å²) in [6.07, 6.45) is 2.02. The zero-order chi connectivity index (χ0) is 14.8. The molecule has 0 radical (unpaired) electrons. The van der Waals surface area contributed by atoms with Crippen molar-refractivity contribution in [3.05, 3.63) is 29.8 Å². The number of rotatable bonds is 10. The van der Waals surface area contributed by atoms with Crippen molar-refractivity contribution in [2.24, 2.45) is 0 Å². The lowest BCUT2D eigenvalue weighted by Gasteiger charge is -2.21. The minimum Gasteiger partial charge on any atom is -0.494 e. The molecule has 0 aromatic heterocycles. The third kappa shape index (κ3) is 5.63. The Kier molecular flexibility index (Phi) is 8.54. The molecule has 20 heavy (non-hydrogen) atoms. The molecule has 3 nitrogen and oxygen atoms in total. The number of para-hydroxylation sites is 1. The highest BCUT2D eigenvalue weighted by Gasteiger charge is 2.17. The van der Waals surface area contributed by atoms with Gasteiger partial charge < -0.3 is 10.1 Å². The Labute approximate surface area is 125 Å². The van der Waals surface area contributed by atoms with E-state index in [0.29, 0.717) is 12.4 Å². The molecule has 2 unspecified atom stereocenters. The van der Waals surface area contributed by atoms with Crippen molar-refractivity contribution < 1.29 is 8.95 Å². The highest BCUT2D eigenvalue weighted by atomic mass is 32.2. The monoisotopic (exact) mass is 297 g/mol. The summed E-state index contributed by atoms with van der Waals surface area (Å²) in [5.41, 5.74) is 1.12. The first-order valence-corrected chi connectivity index (χ1v) is 9.01. The quantitative estimate of drug-likeness (QED) is 0.720. The molecule has 1 rings (SSSR count). The van der Waals surface area contributed by atoms with Crippen molar-refractivity contribution in [3.8, 4) is 5.75 Å². The van der Waals surface area contributed by atoms with Crippen molar-refractivity contribution in [1.29, 1.82) is 0 Å². The van der Waals surface area contributed by atoms with Crippen LogP contribution >= 0.6 is 0 Å². The van der Waals surface area contributed by atoms with Crippen molar-refractivity contribution in [3.63, 3.8) is 0 Å². The van der Waals surface area contributed by atoms with Crippen LogP contribution < -0.4 is 10.1 Å². The van der Waals surface area contributed by atoms with Gasteiger partial charge in [0.2, 0.25) is 0 Å². The Balaban J connectivity index is 2.88. The van der Waals surface area contributed by atoms with E-state index in [1.165, 1.54) is 0 Å². The van der Waals surface area contributed by atoms with Gasteiger partial charge in [0, 0.05) is 33.9 Å². The van der Waals surface area contributed by atoms with Crippen LogP contribution in [0.3, 0.4) is 0 Å². The Bertz CT molecular complexity index is 409. The van der Waals surface area contributed by atoms with Gasteiger partial charge in [-0.25, -0.2) is 0 Å². The predicted molar refractivity (Wildman–Crippen MR) is 86.8 cm³/mol. The molecule has 0 saturated heterocycles. The average molecular weight is 297 g/mol. The molecular formula is C16H27NO2S. The van der Waals surface area contributed by atoms with Gasteiger partial charge in [0.25, 0.3) is 0 Å². The van der Waals surface area contributed by atoms with E-state index in [1.807, 2.05) is 25.1 Å². The van der Waals surface area contributed by atoms with Gasteiger partial charge in [-0.1, -0.05) is 32.0 Å². The van der Waals surface area contributed by atoms with E-state index in [2.05, 4.69) is 25.2 Å². The maximum atomic E-state index is 12.1. The van der Waals surface area contributed by atoms with Crippen LogP contribution in [-0.4, -0.2) is 28.9 Å². The molecular weight excluding hydrogens is 270 g/mol. The molecule has 114 valence electrons. The Morgan fingerprint density at radius 1 is 1.20 bits per heavy atom. The second-order valence-corrected chi connectivity index (χ2v) is 6.41. The summed E-state index contributed by atoms with van der Waals surface area (Å²) in [5, 5.41) is 3.50. The van der Waals surface area contributed by atoms with Crippen LogP contribution in [0.4, 0.5) is 0 Å². The largest absolute Gasteiger partial charge is 0.494 e.